The average molecular weight is 335 g/mol. The van der Waals surface area contributed by atoms with E-state index in [1.165, 1.54) is 32.1 Å². The van der Waals surface area contributed by atoms with E-state index < -0.39 is 0 Å². The van der Waals surface area contributed by atoms with E-state index in [0.717, 1.165) is 32.9 Å². The number of nitrogens with one attached hydrogen (secondary N) is 2. The molecule has 2 aliphatic carbocycles. The summed E-state index contributed by atoms with van der Waals surface area (Å²) < 4.78 is 0.971. The van der Waals surface area contributed by atoms with E-state index in [1.54, 1.807) is 6.20 Å². The van der Waals surface area contributed by atoms with Gasteiger partial charge in [-0.3, -0.25) is 0 Å². The van der Waals surface area contributed by atoms with Crippen LogP contribution in [0.3, 0.4) is 0 Å². The molecule has 0 aliphatic heterocycles. The second-order valence-electron chi connectivity index (χ2n) is 6.57. The Morgan fingerprint density at radius 2 is 2.25 bits per heavy atom. The number of H-pyrrole nitrogens is 1. The molecule has 0 amide bonds. The van der Waals surface area contributed by atoms with Gasteiger partial charge in [-0.2, -0.15) is 4.98 Å². The Balaban J connectivity index is 1.44. The zero-order valence-electron chi connectivity index (χ0n) is 11.6. The maximum absolute atomic E-state index is 4.51. The highest BCUT2D eigenvalue weighted by atomic mass is 79.9. The van der Waals surface area contributed by atoms with Crippen LogP contribution in [0.4, 0.5) is 5.95 Å². The van der Waals surface area contributed by atoms with E-state index in [4.69, 9.17) is 0 Å². The summed E-state index contributed by atoms with van der Waals surface area (Å²) in [5, 5.41) is 3.52. The van der Waals surface area contributed by atoms with Crippen molar-refractivity contribution in [2.24, 2.45) is 11.3 Å². The molecule has 2 heterocycles. The molecule has 2 N–H and O–H groups in total. The van der Waals surface area contributed by atoms with Crippen molar-refractivity contribution in [2.45, 2.75) is 45.1 Å². The van der Waals surface area contributed by atoms with E-state index in [1.807, 2.05) is 6.07 Å². The predicted octanol–water partition coefficient (Wildman–Crippen LogP) is 4.10. The number of hydrogen-bond donors (Lipinski definition) is 2. The molecule has 1 atom stereocenters. The third-order valence-corrected chi connectivity index (χ3v) is 5.61. The Morgan fingerprint density at radius 3 is 2.95 bits per heavy atom. The molecule has 0 saturated heterocycles. The normalized spacial score (nSPS) is 22.5. The number of nitrogens with zero attached hydrogens (tertiary/aromatic N) is 2. The molecule has 5 heteroatoms. The molecule has 2 saturated carbocycles. The minimum atomic E-state index is 0.477. The fraction of sp³-hybridized carbons (Fsp3) is 0.600. The molecule has 2 aromatic heterocycles. The van der Waals surface area contributed by atoms with Gasteiger partial charge in [-0.05, 0) is 65.9 Å². The minimum absolute atomic E-state index is 0.477. The number of rotatable bonds is 3. The van der Waals surface area contributed by atoms with Crippen LogP contribution in [0.1, 0.15) is 39.0 Å². The third-order valence-electron chi connectivity index (χ3n) is 5.18. The summed E-state index contributed by atoms with van der Waals surface area (Å²) in [6, 6.07) is 2.49. The van der Waals surface area contributed by atoms with Gasteiger partial charge in [0.25, 0.3) is 0 Å². The van der Waals surface area contributed by atoms with Crippen LogP contribution in [0.15, 0.2) is 16.7 Å². The summed E-state index contributed by atoms with van der Waals surface area (Å²) in [5.41, 5.74) is 2.48. The lowest BCUT2D eigenvalue weighted by molar-refractivity contribution is -0.0299. The summed E-state index contributed by atoms with van der Waals surface area (Å²) in [7, 11) is 0. The summed E-state index contributed by atoms with van der Waals surface area (Å²) in [6.45, 7) is 2.27. The van der Waals surface area contributed by atoms with Gasteiger partial charge in [0, 0.05) is 16.7 Å². The zero-order chi connectivity index (χ0) is 13.7. The monoisotopic (exact) mass is 334 g/mol. The standard InChI is InChI=1S/C15H19BrN4/c1-9(10-6-15(7-10)3-2-4-15)18-14-19-12-5-11(16)8-17-13(12)20-14/h5,8-10H,2-4,6-7H2,1H3,(H2,17,18,19,20). The lowest BCUT2D eigenvalue weighted by Crippen LogP contribution is -2.48. The third kappa shape index (κ3) is 2.03. The summed E-state index contributed by atoms with van der Waals surface area (Å²) >= 11 is 3.43. The Kier molecular flexibility index (Phi) is 2.81. The van der Waals surface area contributed by atoms with E-state index in [2.05, 4.69) is 43.1 Å². The smallest absolute Gasteiger partial charge is 0.202 e. The maximum atomic E-state index is 4.51. The topological polar surface area (TPSA) is 53.6 Å². The fourth-order valence-corrected chi connectivity index (χ4v) is 4.10. The van der Waals surface area contributed by atoms with Crippen molar-refractivity contribution in [1.82, 2.24) is 15.0 Å². The number of anilines is 1. The number of pyridine rings is 1. The first-order valence-corrected chi connectivity index (χ1v) is 8.21. The Morgan fingerprint density at radius 1 is 1.45 bits per heavy atom. The molecule has 1 unspecified atom stereocenters. The molecule has 0 bridgehead atoms. The molecule has 4 rings (SSSR count). The van der Waals surface area contributed by atoms with Crippen LogP contribution in [0.25, 0.3) is 11.2 Å². The molecule has 0 aromatic carbocycles. The second kappa shape index (κ2) is 4.45. The van der Waals surface area contributed by atoms with Crippen LogP contribution >= 0.6 is 15.9 Å². The van der Waals surface area contributed by atoms with Gasteiger partial charge in [0.2, 0.25) is 5.95 Å². The quantitative estimate of drug-likeness (QED) is 0.888. The second-order valence-corrected chi connectivity index (χ2v) is 7.48. The van der Waals surface area contributed by atoms with Crippen LogP contribution in [0.2, 0.25) is 0 Å². The molecule has 2 fully saturated rings. The first-order valence-electron chi connectivity index (χ1n) is 7.41. The van der Waals surface area contributed by atoms with Gasteiger partial charge in [0.05, 0.1) is 5.52 Å². The predicted molar refractivity (Wildman–Crippen MR) is 83.7 cm³/mol. The number of halogens is 1. The van der Waals surface area contributed by atoms with Crippen LogP contribution in [0.5, 0.6) is 0 Å². The van der Waals surface area contributed by atoms with Crippen molar-refractivity contribution in [2.75, 3.05) is 5.32 Å². The van der Waals surface area contributed by atoms with Gasteiger partial charge in [-0.1, -0.05) is 6.42 Å². The molecular weight excluding hydrogens is 316 g/mol. The van der Waals surface area contributed by atoms with Gasteiger partial charge in [0.15, 0.2) is 5.65 Å². The Hall–Kier alpha value is -1.10. The van der Waals surface area contributed by atoms with E-state index >= 15 is 0 Å². The zero-order valence-corrected chi connectivity index (χ0v) is 13.2. The van der Waals surface area contributed by atoms with Crippen molar-refractivity contribution >= 4 is 33.0 Å². The van der Waals surface area contributed by atoms with Crippen molar-refractivity contribution < 1.29 is 0 Å². The van der Waals surface area contributed by atoms with Crippen LogP contribution in [-0.2, 0) is 0 Å². The molecule has 20 heavy (non-hydrogen) atoms. The lowest BCUT2D eigenvalue weighted by atomic mass is 9.50. The van der Waals surface area contributed by atoms with Gasteiger partial charge in [-0.25, -0.2) is 4.98 Å². The van der Waals surface area contributed by atoms with Crippen LogP contribution in [0, 0.1) is 11.3 Å². The highest BCUT2D eigenvalue weighted by Crippen LogP contribution is 2.59. The van der Waals surface area contributed by atoms with Crippen LogP contribution < -0.4 is 5.32 Å². The van der Waals surface area contributed by atoms with E-state index in [9.17, 15) is 0 Å². The lowest BCUT2D eigenvalue weighted by Gasteiger charge is -2.56. The molecule has 1 spiro atoms. The summed E-state index contributed by atoms with van der Waals surface area (Å²) in [4.78, 5) is 12.1. The first kappa shape index (κ1) is 12.6. The number of hydrogen-bond acceptors (Lipinski definition) is 3. The number of aromatic nitrogens is 3. The summed E-state index contributed by atoms with van der Waals surface area (Å²) in [5.74, 6) is 1.64. The first-order chi connectivity index (χ1) is 9.63. The van der Waals surface area contributed by atoms with Crippen molar-refractivity contribution in [3.05, 3.63) is 16.7 Å². The van der Waals surface area contributed by atoms with Crippen LogP contribution in [-0.4, -0.2) is 21.0 Å². The fourth-order valence-electron chi connectivity index (χ4n) is 3.77. The number of aromatic amines is 1. The molecule has 2 aromatic rings. The van der Waals surface area contributed by atoms with Crippen molar-refractivity contribution in [3.8, 4) is 0 Å². The molecule has 4 nitrogen and oxygen atoms in total. The van der Waals surface area contributed by atoms with Gasteiger partial charge >= 0.3 is 0 Å². The maximum Gasteiger partial charge on any atom is 0.202 e. The largest absolute Gasteiger partial charge is 0.353 e. The van der Waals surface area contributed by atoms with Gasteiger partial charge < -0.3 is 10.3 Å². The van der Waals surface area contributed by atoms with Crippen molar-refractivity contribution in [1.29, 1.82) is 0 Å². The Bertz CT molecular complexity index is 638. The van der Waals surface area contributed by atoms with Gasteiger partial charge in [0.1, 0.15) is 0 Å². The Labute approximate surface area is 126 Å². The molecule has 2 aliphatic rings. The average Bonchev–Trinajstić information content (AvgIpc) is 2.66. The molecule has 0 radical (unpaired) electrons. The molecular formula is C15H19BrN4. The SMILES string of the molecule is CC(Nc1nc2ncc(Br)cc2[nH]1)C1CC2(CCC2)C1. The number of fused-ring (bicyclic) bond motifs is 1. The minimum Gasteiger partial charge on any atom is -0.353 e. The number of imidazole rings is 1. The van der Waals surface area contributed by atoms with E-state index in [0.29, 0.717) is 6.04 Å². The van der Waals surface area contributed by atoms with E-state index in [-0.39, 0.29) is 0 Å². The molecule has 106 valence electrons. The van der Waals surface area contributed by atoms with Crippen molar-refractivity contribution in [3.63, 3.8) is 0 Å². The van der Waals surface area contributed by atoms with Gasteiger partial charge in [-0.15, -0.1) is 0 Å². The highest BCUT2D eigenvalue weighted by molar-refractivity contribution is 9.10. The highest BCUT2D eigenvalue weighted by Gasteiger charge is 2.49. The summed E-state index contributed by atoms with van der Waals surface area (Å²) in [6.07, 6.45) is 8.93.